The molecule has 0 N–H and O–H groups in total. The second-order valence-electron chi connectivity index (χ2n) is 2.54. The van der Waals surface area contributed by atoms with Gasteiger partial charge in [0.1, 0.15) is 0 Å². The van der Waals surface area contributed by atoms with E-state index in [9.17, 15) is 0 Å². The Morgan fingerprint density at radius 1 is 1.25 bits per heavy atom. The van der Waals surface area contributed by atoms with Crippen molar-refractivity contribution in [2.24, 2.45) is 4.99 Å². The molecule has 8 heavy (non-hydrogen) atoms. The summed E-state index contributed by atoms with van der Waals surface area (Å²) in [5.74, 6) is 0. The predicted molar refractivity (Wildman–Crippen MR) is 31.8 cm³/mol. The molecule has 0 saturated heterocycles. The molecule has 0 unspecified atom stereocenters. The molecule has 2 heterocycles. The van der Waals surface area contributed by atoms with E-state index in [2.05, 4.69) is 4.99 Å². The second-order valence-corrected chi connectivity index (χ2v) is 2.54. The molecular weight excluding hydrogens is 98.1 g/mol. The Bertz CT molecular complexity index is 238. The Labute approximate surface area is 47.4 Å². The number of hydrogen-bond donors (Lipinski definition) is 0. The van der Waals surface area contributed by atoms with Gasteiger partial charge >= 0.3 is 0 Å². The summed E-state index contributed by atoms with van der Waals surface area (Å²) < 4.78 is 0. The normalized spacial score (nSPS) is 28.0. The van der Waals surface area contributed by atoms with E-state index in [0.29, 0.717) is 0 Å². The third kappa shape index (κ3) is 0.152. The van der Waals surface area contributed by atoms with Crippen molar-refractivity contribution in [2.45, 2.75) is 12.8 Å². The molecule has 0 spiro atoms. The van der Waals surface area contributed by atoms with Gasteiger partial charge in [-0.2, -0.15) is 0 Å². The Morgan fingerprint density at radius 3 is 2.38 bits per heavy atom. The van der Waals surface area contributed by atoms with Crippen LogP contribution in [-0.4, -0.2) is 5.71 Å². The standard InChI is InChI=1S/C7H5N/c1-4-3-8-7-2-5(4)6(1)7/h3H,1-2H2. The highest BCUT2D eigenvalue weighted by atomic mass is 14.8. The first-order chi connectivity index (χ1) is 3.95. The third-order valence-corrected chi connectivity index (χ3v) is 2.19. The van der Waals surface area contributed by atoms with Crippen LogP contribution in [0.25, 0.3) is 0 Å². The maximum absolute atomic E-state index is 4.22. The lowest BCUT2D eigenvalue weighted by molar-refractivity contribution is 0.900. The van der Waals surface area contributed by atoms with Crippen molar-refractivity contribution in [1.82, 2.24) is 0 Å². The van der Waals surface area contributed by atoms with Crippen molar-refractivity contribution < 1.29 is 0 Å². The number of nitrogens with zero attached hydrogens (tertiary/aromatic N) is 1. The molecule has 0 radical (unpaired) electrons. The molecule has 38 valence electrons. The summed E-state index contributed by atoms with van der Waals surface area (Å²) in [6, 6.07) is 0. The second kappa shape index (κ2) is 0.711. The fourth-order valence-corrected chi connectivity index (χ4v) is 1.56. The number of rotatable bonds is 0. The molecule has 2 aliphatic heterocycles. The molecule has 4 rings (SSSR count). The van der Waals surface area contributed by atoms with Gasteiger partial charge in [-0.15, -0.1) is 0 Å². The van der Waals surface area contributed by atoms with E-state index < -0.39 is 0 Å². The SMILES string of the molecule is C1=C2CC3=C2CC3=N1. The molecule has 0 fully saturated rings. The molecule has 4 bridgehead atoms. The monoisotopic (exact) mass is 103 g/mol. The molecule has 1 heteroatoms. The van der Waals surface area contributed by atoms with E-state index in [1.165, 1.54) is 24.1 Å². The Balaban J connectivity index is 2.51. The van der Waals surface area contributed by atoms with Gasteiger partial charge in [0.25, 0.3) is 0 Å². The van der Waals surface area contributed by atoms with E-state index in [4.69, 9.17) is 0 Å². The number of allylic oxidation sites excluding steroid dienone is 3. The minimum absolute atomic E-state index is 1.18. The molecule has 0 amide bonds. The largest absolute Gasteiger partial charge is 0.260 e. The van der Waals surface area contributed by atoms with Crippen molar-refractivity contribution in [1.29, 1.82) is 0 Å². The zero-order valence-corrected chi connectivity index (χ0v) is 4.44. The van der Waals surface area contributed by atoms with Crippen LogP contribution in [0.15, 0.2) is 27.9 Å². The van der Waals surface area contributed by atoms with Crippen molar-refractivity contribution in [3.05, 3.63) is 22.9 Å². The lowest BCUT2D eigenvalue weighted by Gasteiger charge is -2.40. The van der Waals surface area contributed by atoms with Crippen molar-refractivity contribution in [2.75, 3.05) is 0 Å². The van der Waals surface area contributed by atoms with Crippen LogP contribution < -0.4 is 0 Å². The average molecular weight is 103 g/mol. The topological polar surface area (TPSA) is 12.4 Å². The Morgan fingerprint density at radius 2 is 2.25 bits per heavy atom. The van der Waals surface area contributed by atoms with Crippen molar-refractivity contribution in [3.63, 3.8) is 0 Å². The molecule has 0 aromatic carbocycles. The summed E-state index contributed by atoms with van der Waals surface area (Å²) in [7, 11) is 0. The fourth-order valence-electron chi connectivity index (χ4n) is 1.56. The summed E-state index contributed by atoms with van der Waals surface area (Å²) in [5, 5.41) is 0. The van der Waals surface area contributed by atoms with E-state index >= 15 is 0 Å². The van der Waals surface area contributed by atoms with Crippen molar-refractivity contribution in [3.8, 4) is 0 Å². The van der Waals surface area contributed by atoms with E-state index in [1.807, 2.05) is 6.20 Å². The zero-order chi connectivity index (χ0) is 5.14. The van der Waals surface area contributed by atoms with Gasteiger partial charge in [-0.05, 0) is 16.7 Å². The van der Waals surface area contributed by atoms with Gasteiger partial charge in [0.05, 0.1) is 0 Å². The van der Waals surface area contributed by atoms with Crippen LogP contribution in [0.1, 0.15) is 12.8 Å². The molecule has 4 aliphatic rings. The van der Waals surface area contributed by atoms with Gasteiger partial charge in [0.15, 0.2) is 0 Å². The van der Waals surface area contributed by atoms with Gasteiger partial charge < -0.3 is 0 Å². The summed E-state index contributed by atoms with van der Waals surface area (Å²) in [6.07, 6.45) is 4.43. The molecule has 1 nitrogen and oxygen atoms in total. The van der Waals surface area contributed by atoms with Crippen LogP contribution in [-0.2, 0) is 0 Å². The summed E-state index contributed by atoms with van der Waals surface area (Å²) in [4.78, 5) is 4.22. The smallest absolute Gasteiger partial charge is 0.0486 e. The average Bonchev–Trinajstić information content (AvgIpc) is 1.84. The van der Waals surface area contributed by atoms with E-state index in [1.54, 1.807) is 11.1 Å². The van der Waals surface area contributed by atoms with Gasteiger partial charge in [-0.25, -0.2) is 0 Å². The predicted octanol–water partition coefficient (Wildman–Crippen LogP) is 1.43. The van der Waals surface area contributed by atoms with Crippen LogP contribution in [0.4, 0.5) is 0 Å². The minimum atomic E-state index is 1.18. The maximum atomic E-state index is 4.22. The van der Waals surface area contributed by atoms with Gasteiger partial charge in [-0.3, -0.25) is 4.99 Å². The summed E-state index contributed by atoms with van der Waals surface area (Å²) in [6.45, 7) is 0. The molecule has 0 saturated carbocycles. The van der Waals surface area contributed by atoms with Crippen LogP contribution in [0.5, 0.6) is 0 Å². The Kier molecular flexibility index (Phi) is 0.287. The quantitative estimate of drug-likeness (QED) is 0.439. The highest BCUT2D eigenvalue weighted by molar-refractivity contribution is 6.15. The van der Waals surface area contributed by atoms with Crippen LogP contribution in [0.3, 0.4) is 0 Å². The molecule has 0 aromatic rings. The number of fused-ring (bicyclic) bond motifs is 1. The minimum Gasteiger partial charge on any atom is -0.260 e. The lowest BCUT2D eigenvalue weighted by Crippen LogP contribution is -2.31. The molecule has 2 aliphatic carbocycles. The van der Waals surface area contributed by atoms with E-state index in [0.717, 1.165) is 0 Å². The first-order valence-electron chi connectivity index (χ1n) is 2.93. The zero-order valence-electron chi connectivity index (χ0n) is 4.44. The molecule has 0 aromatic heterocycles. The van der Waals surface area contributed by atoms with Crippen LogP contribution in [0.2, 0.25) is 0 Å². The lowest BCUT2D eigenvalue weighted by atomic mass is 9.67. The first-order valence-corrected chi connectivity index (χ1v) is 2.93. The number of hydrogen-bond acceptors (Lipinski definition) is 1. The van der Waals surface area contributed by atoms with E-state index in [-0.39, 0.29) is 0 Å². The van der Waals surface area contributed by atoms with Crippen LogP contribution in [0, 0.1) is 0 Å². The highest BCUT2D eigenvalue weighted by Crippen LogP contribution is 2.49. The van der Waals surface area contributed by atoms with Crippen molar-refractivity contribution >= 4 is 5.71 Å². The maximum Gasteiger partial charge on any atom is 0.0486 e. The fraction of sp³-hybridized carbons (Fsp3) is 0.286. The van der Waals surface area contributed by atoms with Gasteiger partial charge in [0, 0.05) is 24.8 Å². The van der Waals surface area contributed by atoms with Crippen LogP contribution >= 0.6 is 0 Å². The summed E-state index contributed by atoms with van der Waals surface area (Å²) in [5.41, 5.74) is 6.02. The molecule has 0 atom stereocenters. The summed E-state index contributed by atoms with van der Waals surface area (Å²) >= 11 is 0. The highest BCUT2D eigenvalue weighted by Gasteiger charge is 2.38. The Hall–Kier alpha value is -0.850. The molecular formula is C7H5N. The van der Waals surface area contributed by atoms with Gasteiger partial charge in [-0.1, -0.05) is 0 Å². The van der Waals surface area contributed by atoms with Gasteiger partial charge in [0.2, 0.25) is 0 Å². The first kappa shape index (κ1) is 3.23. The third-order valence-electron chi connectivity index (χ3n) is 2.19. The number of aliphatic imine (C=N–C) groups is 1.